The van der Waals surface area contributed by atoms with E-state index in [1.807, 2.05) is 0 Å². The van der Waals surface area contributed by atoms with Crippen LogP contribution in [0.15, 0.2) is 40.9 Å². The molecule has 0 fully saturated rings. The van der Waals surface area contributed by atoms with E-state index in [2.05, 4.69) is 21.2 Å². The number of nitrogens with one attached hydrogen (secondary N) is 1. The number of ether oxygens (including phenoxy) is 1. The van der Waals surface area contributed by atoms with E-state index in [0.29, 0.717) is 23.7 Å². The molecule has 0 aliphatic carbocycles. The summed E-state index contributed by atoms with van der Waals surface area (Å²) in [5.41, 5.74) is 0.320. The molecule has 1 amide bonds. The maximum atomic E-state index is 13.6. The molecule has 2 aromatic carbocycles. The number of hydrogen-bond donors (Lipinski definition) is 1. The number of anilines is 1. The molecule has 0 bridgehead atoms. The standard InChI is InChI=1S/C15H10BrF2NO3/c16-12-5-10(17)6-13(18)15(12)19-14(21)8-22-11-3-1-9(7-20)2-4-11/h1-7H,8H2,(H,19,21). The minimum atomic E-state index is -0.893. The highest BCUT2D eigenvalue weighted by Gasteiger charge is 2.13. The predicted molar refractivity (Wildman–Crippen MR) is 80.0 cm³/mol. The highest BCUT2D eigenvalue weighted by atomic mass is 79.9. The summed E-state index contributed by atoms with van der Waals surface area (Å²) in [6, 6.07) is 7.85. The van der Waals surface area contributed by atoms with Crippen molar-refractivity contribution in [2.24, 2.45) is 0 Å². The smallest absolute Gasteiger partial charge is 0.262 e. The number of halogens is 3. The SMILES string of the molecule is O=Cc1ccc(OCC(=O)Nc2c(F)cc(F)cc2Br)cc1. The second kappa shape index (κ2) is 7.13. The van der Waals surface area contributed by atoms with Crippen LogP contribution in [-0.4, -0.2) is 18.8 Å². The molecule has 0 aliphatic rings. The number of carbonyl (C=O) groups is 2. The third kappa shape index (κ3) is 4.11. The zero-order chi connectivity index (χ0) is 16.1. The molecule has 4 nitrogen and oxygen atoms in total. The van der Waals surface area contributed by atoms with Gasteiger partial charge in [-0.3, -0.25) is 9.59 Å². The minimum absolute atomic E-state index is 0.0914. The van der Waals surface area contributed by atoms with Crippen molar-refractivity contribution in [3.63, 3.8) is 0 Å². The molecule has 22 heavy (non-hydrogen) atoms. The second-order valence-electron chi connectivity index (χ2n) is 4.27. The van der Waals surface area contributed by atoms with Crippen LogP contribution < -0.4 is 10.1 Å². The van der Waals surface area contributed by atoms with Crippen LogP contribution in [0, 0.1) is 11.6 Å². The van der Waals surface area contributed by atoms with Crippen LogP contribution in [0.1, 0.15) is 10.4 Å². The molecule has 7 heteroatoms. The topological polar surface area (TPSA) is 55.4 Å². The minimum Gasteiger partial charge on any atom is -0.484 e. The molecular weight excluding hydrogens is 360 g/mol. The Bertz CT molecular complexity index is 681. The molecule has 1 N–H and O–H groups in total. The van der Waals surface area contributed by atoms with E-state index < -0.39 is 17.5 Å². The molecule has 2 rings (SSSR count). The lowest BCUT2D eigenvalue weighted by Crippen LogP contribution is -2.21. The van der Waals surface area contributed by atoms with Crippen molar-refractivity contribution in [3.8, 4) is 5.75 Å². The molecular formula is C15H10BrF2NO3. The van der Waals surface area contributed by atoms with Crippen LogP contribution in [-0.2, 0) is 4.79 Å². The predicted octanol–water partition coefficient (Wildman–Crippen LogP) is 3.56. The zero-order valence-electron chi connectivity index (χ0n) is 11.1. The third-order valence-corrected chi connectivity index (χ3v) is 3.28. The van der Waals surface area contributed by atoms with Gasteiger partial charge in [0.1, 0.15) is 17.9 Å². The van der Waals surface area contributed by atoms with Gasteiger partial charge >= 0.3 is 0 Å². The van der Waals surface area contributed by atoms with Crippen LogP contribution in [0.3, 0.4) is 0 Å². The first kappa shape index (κ1) is 16.1. The van der Waals surface area contributed by atoms with Gasteiger partial charge < -0.3 is 10.1 Å². The van der Waals surface area contributed by atoms with Crippen LogP contribution in [0.5, 0.6) is 5.75 Å². The molecule has 0 unspecified atom stereocenters. The van der Waals surface area contributed by atoms with Crippen LogP contribution >= 0.6 is 15.9 Å². The summed E-state index contributed by atoms with van der Waals surface area (Å²) in [6.45, 7) is -0.357. The lowest BCUT2D eigenvalue weighted by molar-refractivity contribution is -0.118. The average molecular weight is 370 g/mol. The number of aldehydes is 1. The fourth-order valence-electron chi connectivity index (χ4n) is 1.63. The summed E-state index contributed by atoms with van der Waals surface area (Å²) in [4.78, 5) is 22.2. The van der Waals surface area contributed by atoms with Gasteiger partial charge in [-0.05, 0) is 46.3 Å². The van der Waals surface area contributed by atoms with Crippen molar-refractivity contribution in [2.75, 3.05) is 11.9 Å². The van der Waals surface area contributed by atoms with Crippen molar-refractivity contribution in [2.45, 2.75) is 0 Å². The molecule has 0 atom stereocenters. The van der Waals surface area contributed by atoms with Crippen molar-refractivity contribution < 1.29 is 23.1 Å². The molecule has 0 spiro atoms. The first-order valence-electron chi connectivity index (χ1n) is 6.12. The molecule has 0 aromatic heterocycles. The van der Waals surface area contributed by atoms with Crippen LogP contribution in [0.25, 0.3) is 0 Å². The van der Waals surface area contributed by atoms with Gasteiger partial charge in [-0.15, -0.1) is 0 Å². The molecule has 0 saturated heterocycles. The first-order valence-corrected chi connectivity index (χ1v) is 6.91. The molecule has 0 heterocycles. The summed E-state index contributed by atoms with van der Waals surface area (Å²) in [7, 11) is 0. The first-order chi connectivity index (χ1) is 10.5. The van der Waals surface area contributed by atoms with Gasteiger partial charge in [0.2, 0.25) is 0 Å². The number of rotatable bonds is 5. The Morgan fingerprint density at radius 1 is 1.23 bits per heavy atom. The van der Waals surface area contributed by atoms with E-state index in [1.54, 1.807) is 0 Å². The number of carbonyl (C=O) groups excluding carboxylic acids is 2. The fourth-order valence-corrected chi connectivity index (χ4v) is 2.14. The maximum Gasteiger partial charge on any atom is 0.262 e. The van der Waals surface area contributed by atoms with Crippen molar-refractivity contribution in [1.82, 2.24) is 0 Å². The Morgan fingerprint density at radius 2 is 1.91 bits per heavy atom. The van der Waals surface area contributed by atoms with Crippen molar-refractivity contribution in [1.29, 1.82) is 0 Å². The summed E-state index contributed by atoms with van der Waals surface area (Å²) < 4.78 is 31.8. The zero-order valence-corrected chi connectivity index (χ0v) is 12.7. The average Bonchev–Trinajstić information content (AvgIpc) is 2.49. The van der Waals surface area contributed by atoms with Gasteiger partial charge in [-0.1, -0.05) is 0 Å². The van der Waals surface area contributed by atoms with Crippen LogP contribution in [0.2, 0.25) is 0 Å². The van der Waals surface area contributed by atoms with E-state index in [4.69, 9.17) is 4.74 Å². The maximum absolute atomic E-state index is 13.6. The summed E-state index contributed by atoms with van der Waals surface area (Å²) in [6.07, 6.45) is 0.686. The van der Waals surface area contributed by atoms with E-state index >= 15 is 0 Å². The monoisotopic (exact) mass is 369 g/mol. The lowest BCUT2D eigenvalue weighted by Gasteiger charge is -2.10. The second-order valence-corrected chi connectivity index (χ2v) is 5.12. The molecule has 2 aromatic rings. The van der Waals surface area contributed by atoms with Gasteiger partial charge in [0.15, 0.2) is 12.4 Å². The van der Waals surface area contributed by atoms with Gasteiger partial charge in [-0.2, -0.15) is 0 Å². The Morgan fingerprint density at radius 3 is 2.50 bits per heavy atom. The van der Waals surface area contributed by atoms with Gasteiger partial charge in [0.05, 0.1) is 5.69 Å². The molecule has 0 radical (unpaired) electrons. The normalized spacial score (nSPS) is 10.1. The summed E-state index contributed by atoms with van der Waals surface area (Å²) in [5, 5.41) is 2.29. The van der Waals surface area contributed by atoms with E-state index in [9.17, 15) is 18.4 Å². The number of benzene rings is 2. The molecule has 0 saturated carbocycles. The Balaban J connectivity index is 1.97. The third-order valence-electron chi connectivity index (χ3n) is 2.66. The van der Waals surface area contributed by atoms with Gasteiger partial charge in [0.25, 0.3) is 5.91 Å². The lowest BCUT2D eigenvalue weighted by atomic mass is 10.2. The van der Waals surface area contributed by atoms with Gasteiger partial charge in [0, 0.05) is 16.1 Å². The summed E-state index contributed by atoms with van der Waals surface area (Å²) >= 11 is 2.97. The highest BCUT2D eigenvalue weighted by molar-refractivity contribution is 9.10. The molecule has 0 aliphatic heterocycles. The van der Waals surface area contributed by atoms with E-state index in [-0.39, 0.29) is 16.8 Å². The Hall–Kier alpha value is -2.28. The number of hydrogen-bond acceptors (Lipinski definition) is 3. The number of amides is 1. The largest absolute Gasteiger partial charge is 0.484 e. The van der Waals surface area contributed by atoms with Crippen molar-refractivity contribution >= 4 is 33.8 Å². The van der Waals surface area contributed by atoms with E-state index in [1.165, 1.54) is 24.3 Å². The van der Waals surface area contributed by atoms with Crippen LogP contribution in [0.4, 0.5) is 14.5 Å². The van der Waals surface area contributed by atoms with Crippen molar-refractivity contribution in [3.05, 3.63) is 58.1 Å². The fraction of sp³-hybridized carbons (Fsp3) is 0.0667. The Labute approximate surface area is 133 Å². The van der Waals surface area contributed by atoms with E-state index in [0.717, 1.165) is 6.07 Å². The quantitative estimate of drug-likeness (QED) is 0.819. The van der Waals surface area contributed by atoms with Gasteiger partial charge in [-0.25, -0.2) is 8.78 Å². The molecule has 114 valence electrons. The highest BCUT2D eigenvalue weighted by Crippen LogP contribution is 2.26. The Kier molecular flexibility index (Phi) is 5.21. The summed E-state index contributed by atoms with van der Waals surface area (Å²) in [5.74, 6) is -1.87.